The molecule has 3 aromatic carbocycles. The Morgan fingerprint density at radius 1 is 0.919 bits per heavy atom. The van der Waals surface area contributed by atoms with Crippen LogP contribution in [0.1, 0.15) is 75.5 Å². The van der Waals surface area contributed by atoms with E-state index < -0.39 is 6.04 Å². The van der Waals surface area contributed by atoms with Gasteiger partial charge in [-0.1, -0.05) is 84.0 Å². The smallest absolute Gasteiger partial charge is 0.204 e. The van der Waals surface area contributed by atoms with Crippen LogP contribution in [-0.4, -0.2) is 26.5 Å². The molecule has 6 heteroatoms. The Morgan fingerprint density at radius 2 is 1.46 bits per heavy atom. The van der Waals surface area contributed by atoms with Gasteiger partial charge in [-0.3, -0.25) is 4.79 Å². The zero-order valence-corrected chi connectivity index (χ0v) is 23.6. The number of nitrogens with one attached hydrogen (secondary N) is 1. The minimum atomic E-state index is -0.512. The number of carbonyl (C=O) groups excluding carboxylic acids is 1. The molecular weight excluding hydrogens is 482 g/mol. The minimum Gasteiger partial charge on any atom is -0.507 e. The molecule has 1 unspecified atom stereocenters. The number of hydrogen-bond acceptors (Lipinski definition) is 4. The van der Waals surface area contributed by atoms with Crippen molar-refractivity contribution in [3.8, 4) is 5.75 Å². The Hall–Kier alpha value is -3.31. The van der Waals surface area contributed by atoms with Gasteiger partial charge in [-0.2, -0.15) is 0 Å². The van der Waals surface area contributed by atoms with Gasteiger partial charge in [-0.25, -0.2) is 4.98 Å². The van der Waals surface area contributed by atoms with E-state index in [0.717, 1.165) is 27.7 Å². The van der Waals surface area contributed by atoms with E-state index in [1.54, 1.807) is 0 Å². The molecule has 1 heterocycles. The molecule has 4 rings (SSSR count). The van der Waals surface area contributed by atoms with E-state index in [4.69, 9.17) is 4.98 Å². The van der Waals surface area contributed by atoms with Crippen LogP contribution in [0, 0.1) is 0 Å². The molecule has 5 nitrogen and oxygen atoms in total. The number of phenols is 1. The van der Waals surface area contributed by atoms with E-state index in [1.165, 1.54) is 0 Å². The fraction of sp³-hybridized carbons (Fsp3) is 0.355. The molecule has 37 heavy (non-hydrogen) atoms. The summed E-state index contributed by atoms with van der Waals surface area (Å²) in [4.78, 5) is 18.5. The number of para-hydroxylation sites is 2. The SMILES string of the molecule is CC(Nc1nc2ccccc2n1Cc1ccccc1)C(=O)c1cc(C(C)(C)C)c(O)c(C(C)(C)C)c1.Cl. The van der Waals surface area contributed by atoms with E-state index in [1.807, 2.05) is 61.5 Å². The number of aromatic nitrogens is 2. The van der Waals surface area contributed by atoms with Crippen molar-refractivity contribution in [2.24, 2.45) is 0 Å². The second kappa shape index (κ2) is 10.6. The van der Waals surface area contributed by atoms with Gasteiger partial charge in [-0.05, 0) is 47.6 Å². The molecule has 0 saturated heterocycles. The zero-order chi connectivity index (χ0) is 26.3. The normalized spacial score (nSPS) is 12.7. The largest absolute Gasteiger partial charge is 0.507 e. The summed E-state index contributed by atoms with van der Waals surface area (Å²) in [5, 5.41) is 14.4. The number of Topliss-reactive ketones (excluding diaryl/α,β-unsaturated/α-hetero) is 1. The van der Waals surface area contributed by atoms with Crippen molar-refractivity contribution in [2.45, 2.75) is 71.9 Å². The summed E-state index contributed by atoms with van der Waals surface area (Å²) in [6, 6.07) is 21.4. The number of rotatable bonds is 6. The fourth-order valence-electron chi connectivity index (χ4n) is 4.54. The van der Waals surface area contributed by atoms with Crippen molar-refractivity contribution in [3.05, 3.63) is 89.0 Å². The van der Waals surface area contributed by atoms with Gasteiger partial charge in [0, 0.05) is 16.7 Å². The number of halogens is 1. The number of carbonyl (C=O) groups is 1. The molecule has 0 bridgehead atoms. The first-order valence-electron chi connectivity index (χ1n) is 12.5. The molecule has 0 amide bonds. The van der Waals surface area contributed by atoms with Crippen molar-refractivity contribution >= 4 is 35.2 Å². The average Bonchev–Trinajstić information content (AvgIpc) is 3.14. The summed E-state index contributed by atoms with van der Waals surface area (Å²) in [7, 11) is 0. The Kier molecular flexibility index (Phi) is 8.09. The van der Waals surface area contributed by atoms with Crippen LogP contribution in [0.3, 0.4) is 0 Å². The quantitative estimate of drug-likeness (QED) is 0.259. The number of aromatic hydroxyl groups is 1. The molecular formula is C31H38ClN3O2. The molecule has 196 valence electrons. The Morgan fingerprint density at radius 3 is 2.03 bits per heavy atom. The van der Waals surface area contributed by atoms with Crippen molar-refractivity contribution in [2.75, 3.05) is 5.32 Å². The monoisotopic (exact) mass is 519 g/mol. The lowest BCUT2D eigenvalue weighted by Gasteiger charge is -2.28. The summed E-state index contributed by atoms with van der Waals surface area (Å²) in [5.74, 6) is 0.896. The first-order chi connectivity index (χ1) is 16.9. The molecule has 2 N–H and O–H groups in total. The van der Waals surface area contributed by atoms with Crippen LogP contribution in [0.4, 0.5) is 5.95 Å². The molecule has 0 spiro atoms. The van der Waals surface area contributed by atoms with Crippen molar-refractivity contribution in [1.82, 2.24) is 9.55 Å². The van der Waals surface area contributed by atoms with Gasteiger partial charge in [0.15, 0.2) is 5.78 Å². The molecule has 0 radical (unpaired) electrons. The van der Waals surface area contributed by atoms with Gasteiger partial charge in [0.2, 0.25) is 5.95 Å². The molecule has 1 atom stereocenters. The molecule has 0 aliphatic rings. The second-order valence-electron chi connectivity index (χ2n) is 11.6. The molecule has 0 fully saturated rings. The number of hydrogen-bond donors (Lipinski definition) is 2. The lowest BCUT2D eigenvalue weighted by atomic mass is 9.78. The molecule has 1 aromatic heterocycles. The maximum atomic E-state index is 13.7. The van der Waals surface area contributed by atoms with Gasteiger partial charge in [0.05, 0.1) is 23.6 Å². The predicted octanol–water partition coefficient (Wildman–Crippen LogP) is 7.49. The second-order valence-corrected chi connectivity index (χ2v) is 11.6. The lowest BCUT2D eigenvalue weighted by molar-refractivity contribution is 0.0974. The topological polar surface area (TPSA) is 67.2 Å². The van der Waals surface area contributed by atoms with Crippen LogP contribution in [0.25, 0.3) is 11.0 Å². The van der Waals surface area contributed by atoms with Crippen molar-refractivity contribution < 1.29 is 9.90 Å². The van der Waals surface area contributed by atoms with Crippen molar-refractivity contribution in [3.63, 3.8) is 0 Å². The first-order valence-corrected chi connectivity index (χ1v) is 12.5. The predicted molar refractivity (Wildman–Crippen MR) is 155 cm³/mol. The number of fused-ring (bicyclic) bond motifs is 1. The van der Waals surface area contributed by atoms with Gasteiger partial charge in [-0.15, -0.1) is 12.4 Å². The number of nitrogens with zero attached hydrogens (tertiary/aromatic N) is 2. The van der Waals surface area contributed by atoms with Crippen LogP contribution < -0.4 is 5.32 Å². The maximum absolute atomic E-state index is 13.7. The van der Waals surface area contributed by atoms with Crippen LogP contribution in [0.5, 0.6) is 5.75 Å². The van der Waals surface area contributed by atoms with Gasteiger partial charge in [0.25, 0.3) is 0 Å². The molecule has 0 aliphatic heterocycles. The highest BCUT2D eigenvalue weighted by molar-refractivity contribution is 6.02. The number of phenolic OH excluding ortho intramolecular Hbond substituents is 1. The van der Waals surface area contributed by atoms with Gasteiger partial charge in [0.1, 0.15) is 5.75 Å². The first kappa shape index (κ1) is 28.3. The summed E-state index contributed by atoms with van der Waals surface area (Å²) in [5.41, 5.74) is 4.59. The van der Waals surface area contributed by atoms with Gasteiger partial charge >= 0.3 is 0 Å². The summed E-state index contributed by atoms with van der Waals surface area (Å²) in [6.07, 6.45) is 0. The summed E-state index contributed by atoms with van der Waals surface area (Å²) in [6.45, 7) is 14.8. The van der Waals surface area contributed by atoms with Crippen molar-refractivity contribution in [1.29, 1.82) is 0 Å². The van der Waals surface area contributed by atoms with Crippen LogP contribution >= 0.6 is 12.4 Å². The van der Waals surface area contributed by atoms with E-state index in [2.05, 4.69) is 63.6 Å². The van der Waals surface area contributed by atoms with E-state index in [-0.39, 0.29) is 34.8 Å². The molecule has 4 aromatic rings. The summed E-state index contributed by atoms with van der Waals surface area (Å²) >= 11 is 0. The third kappa shape index (κ3) is 5.99. The van der Waals surface area contributed by atoms with E-state index >= 15 is 0 Å². The Bertz CT molecular complexity index is 1360. The molecule has 0 saturated carbocycles. The highest BCUT2D eigenvalue weighted by Gasteiger charge is 2.29. The minimum absolute atomic E-state index is 0. The number of anilines is 1. The van der Waals surface area contributed by atoms with E-state index in [9.17, 15) is 9.90 Å². The van der Waals surface area contributed by atoms with E-state index in [0.29, 0.717) is 18.1 Å². The number of benzene rings is 3. The summed E-state index contributed by atoms with van der Waals surface area (Å²) < 4.78 is 2.12. The van der Waals surface area contributed by atoms with Crippen LogP contribution in [0.15, 0.2) is 66.7 Å². The fourth-order valence-corrected chi connectivity index (χ4v) is 4.54. The third-order valence-electron chi connectivity index (χ3n) is 6.59. The van der Waals surface area contributed by atoms with Crippen LogP contribution in [0.2, 0.25) is 0 Å². The number of ketones is 1. The maximum Gasteiger partial charge on any atom is 0.204 e. The Balaban J connectivity index is 0.00000380. The zero-order valence-electron chi connectivity index (χ0n) is 22.8. The third-order valence-corrected chi connectivity index (χ3v) is 6.59. The van der Waals surface area contributed by atoms with Gasteiger partial charge < -0.3 is 15.0 Å². The molecule has 0 aliphatic carbocycles. The highest BCUT2D eigenvalue weighted by atomic mass is 35.5. The average molecular weight is 520 g/mol. The lowest BCUT2D eigenvalue weighted by Crippen LogP contribution is -2.29. The van der Waals surface area contributed by atoms with Crippen LogP contribution in [-0.2, 0) is 17.4 Å². The highest BCUT2D eigenvalue weighted by Crippen LogP contribution is 2.40. The Labute approximate surface area is 226 Å². The number of imidazole rings is 1. The standard InChI is InChI=1S/C31H37N3O2.ClH/c1-20(27(35)22-17-23(30(2,3)4)28(36)24(18-22)31(5,6)7)32-29-33-25-15-11-12-16-26(25)34(29)19-21-13-9-8-10-14-21;/h8-18,20,36H,19H2,1-7H3,(H,32,33);1H.